The average molecular weight is 205 g/mol. The van der Waals surface area contributed by atoms with Gasteiger partial charge in [0.15, 0.2) is 5.82 Å². The van der Waals surface area contributed by atoms with Crippen LogP contribution in [0.15, 0.2) is 6.33 Å². The van der Waals surface area contributed by atoms with E-state index in [1.807, 2.05) is 7.05 Å². The molecule has 2 unspecified atom stereocenters. The number of aryl methyl sites for hydroxylation is 1. The average Bonchev–Trinajstić information content (AvgIpc) is 2.83. The Labute approximate surface area is 88.7 Å². The minimum absolute atomic E-state index is 0.215. The van der Waals surface area contributed by atoms with Gasteiger partial charge in [-0.05, 0) is 24.7 Å². The van der Waals surface area contributed by atoms with Crippen molar-refractivity contribution in [3.63, 3.8) is 0 Å². The van der Waals surface area contributed by atoms with Crippen LogP contribution in [0.1, 0.15) is 36.3 Å². The molecule has 0 N–H and O–H groups in total. The molecule has 1 aromatic heterocycles. The summed E-state index contributed by atoms with van der Waals surface area (Å²) >= 11 is 0. The molecule has 1 aromatic rings. The third-order valence-corrected chi connectivity index (χ3v) is 3.89. The molecule has 4 heteroatoms. The lowest BCUT2D eigenvalue weighted by Gasteiger charge is -2.04. The Kier molecular flexibility index (Phi) is 1.90. The summed E-state index contributed by atoms with van der Waals surface area (Å²) in [5, 5.41) is 7.66. The van der Waals surface area contributed by atoms with Crippen molar-refractivity contribution in [2.45, 2.75) is 25.7 Å². The fraction of sp³-hybridized carbons (Fsp3) is 0.727. The Balaban J connectivity index is 1.79. The normalized spacial score (nSPS) is 33.5. The largest absolute Gasteiger partial charge is 0.314 e. The topological polar surface area (TPSA) is 47.8 Å². The molecule has 2 saturated carbocycles. The maximum Gasteiger partial charge on any atom is 0.203 e. The van der Waals surface area contributed by atoms with Crippen LogP contribution >= 0.6 is 0 Å². The summed E-state index contributed by atoms with van der Waals surface area (Å²) in [6.07, 6.45) is 6.66. The first-order chi connectivity index (χ1) is 7.29. The number of hydrogen-bond acceptors (Lipinski definition) is 3. The van der Waals surface area contributed by atoms with E-state index < -0.39 is 0 Å². The van der Waals surface area contributed by atoms with Gasteiger partial charge in [-0.3, -0.25) is 4.79 Å². The number of Topliss-reactive ketones (excluding diaryl/α,β-unsaturated/α-hetero) is 1. The van der Waals surface area contributed by atoms with Gasteiger partial charge in [-0.2, -0.15) is 0 Å². The minimum atomic E-state index is 0.215. The molecule has 0 aromatic carbocycles. The zero-order chi connectivity index (χ0) is 10.4. The lowest BCUT2D eigenvalue weighted by Crippen LogP contribution is -2.11. The fourth-order valence-corrected chi connectivity index (χ4v) is 3.04. The first-order valence-electron chi connectivity index (χ1n) is 5.67. The minimum Gasteiger partial charge on any atom is -0.314 e. The summed E-state index contributed by atoms with van der Waals surface area (Å²) < 4.78 is 1.73. The van der Waals surface area contributed by atoms with Crippen LogP contribution in [0.2, 0.25) is 0 Å². The van der Waals surface area contributed by atoms with Gasteiger partial charge < -0.3 is 4.57 Å². The highest BCUT2D eigenvalue weighted by Crippen LogP contribution is 2.56. The van der Waals surface area contributed by atoms with Crippen molar-refractivity contribution in [3.8, 4) is 0 Å². The summed E-state index contributed by atoms with van der Waals surface area (Å²) in [4.78, 5) is 12.1. The lowest BCUT2D eigenvalue weighted by atomic mass is 10.0. The van der Waals surface area contributed by atoms with Gasteiger partial charge >= 0.3 is 0 Å². The van der Waals surface area contributed by atoms with Gasteiger partial charge in [0.1, 0.15) is 6.33 Å². The zero-order valence-electron chi connectivity index (χ0n) is 8.89. The molecule has 80 valence electrons. The van der Waals surface area contributed by atoms with Crippen molar-refractivity contribution < 1.29 is 4.79 Å². The number of aromatic nitrogens is 3. The SMILES string of the molecule is Cn1cnnc1C(=O)C1C2CCCCC21. The van der Waals surface area contributed by atoms with Crippen molar-refractivity contribution in [1.82, 2.24) is 14.8 Å². The van der Waals surface area contributed by atoms with E-state index >= 15 is 0 Å². The number of hydrogen-bond donors (Lipinski definition) is 0. The molecule has 0 radical (unpaired) electrons. The highest BCUT2D eigenvalue weighted by molar-refractivity contribution is 5.97. The molecule has 2 atom stereocenters. The number of rotatable bonds is 2. The van der Waals surface area contributed by atoms with Crippen LogP contribution in [-0.4, -0.2) is 20.5 Å². The predicted octanol–water partition coefficient (Wildman–Crippen LogP) is 1.43. The van der Waals surface area contributed by atoms with Gasteiger partial charge in [-0.1, -0.05) is 12.8 Å². The summed E-state index contributed by atoms with van der Waals surface area (Å²) in [7, 11) is 1.83. The molecular weight excluding hydrogens is 190 g/mol. The zero-order valence-corrected chi connectivity index (χ0v) is 8.89. The van der Waals surface area contributed by atoms with Crippen LogP contribution in [-0.2, 0) is 7.05 Å². The van der Waals surface area contributed by atoms with Crippen LogP contribution in [0.25, 0.3) is 0 Å². The molecule has 15 heavy (non-hydrogen) atoms. The third-order valence-electron chi connectivity index (χ3n) is 3.89. The van der Waals surface area contributed by atoms with Crippen molar-refractivity contribution in [2.24, 2.45) is 24.8 Å². The third kappa shape index (κ3) is 1.31. The molecule has 1 heterocycles. The van der Waals surface area contributed by atoms with Gasteiger partial charge in [0.2, 0.25) is 5.78 Å². The summed E-state index contributed by atoms with van der Waals surface area (Å²) in [6, 6.07) is 0. The standard InChI is InChI=1S/C11H15N3O/c1-14-6-12-13-11(14)10(15)9-7-4-2-3-5-8(7)9/h6-9H,2-5H2,1H3. The van der Waals surface area contributed by atoms with Crippen LogP contribution in [0.5, 0.6) is 0 Å². The second-order valence-electron chi connectivity index (χ2n) is 4.77. The molecule has 0 saturated heterocycles. The monoisotopic (exact) mass is 205 g/mol. The molecule has 2 aliphatic carbocycles. The molecule has 3 rings (SSSR count). The molecule has 0 aliphatic heterocycles. The van der Waals surface area contributed by atoms with Crippen LogP contribution in [0, 0.1) is 17.8 Å². The van der Waals surface area contributed by atoms with Crippen molar-refractivity contribution in [3.05, 3.63) is 12.2 Å². The Hall–Kier alpha value is -1.19. The highest BCUT2D eigenvalue weighted by atomic mass is 16.1. The van der Waals surface area contributed by atoms with Crippen LogP contribution in [0.3, 0.4) is 0 Å². The lowest BCUT2D eigenvalue weighted by molar-refractivity contribution is 0.0942. The van der Waals surface area contributed by atoms with Gasteiger partial charge in [0, 0.05) is 13.0 Å². The number of ketones is 1. The number of fused-ring (bicyclic) bond motifs is 1. The quantitative estimate of drug-likeness (QED) is 0.686. The second-order valence-corrected chi connectivity index (χ2v) is 4.77. The highest BCUT2D eigenvalue weighted by Gasteiger charge is 2.55. The summed E-state index contributed by atoms with van der Waals surface area (Å²) in [5.41, 5.74) is 0. The number of carbonyl (C=O) groups excluding carboxylic acids is 1. The predicted molar refractivity (Wildman–Crippen MR) is 54.3 cm³/mol. The number of carbonyl (C=O) groups is 1. The van der Waals surface area contributed by atoms with Gasteiger partial charge in [-0.25, -0.2) is 0 Å². The van der Waals surface area contributed by atoms with E-state index in [-0.39, 0.29) is 11.7 Å². The van der Waals surface area contributed by atoms with E-state index in [9.17, 15) is 4.79 Å². The maximum absolute atomic E-state index is 12.1. The van der Waals surface area contributed by atoms with E-state index in [1.54, 1.807) is 10.9 Å². The maximum atomic E-state index is 12.1. The summed E-state index contributed by atoms with van der Waals surface area (Å²) in [6.45, 7) is 0. The van der Waals surface area contributed by atoms with Crippen LogP contribution in [0.4, 0.5) is 0 Å². The van der Waals surface area contributed by atoms with Gasteiger partial charge in [-0.15, -0.1) is 10.2 Å². The second kappa shape index (κ2) is 3.15. The molecule has 0 spiro atoms. The van der Waals surface area contributed by atoms with E-state index in [0.29, 0.717) is 17.7 Å². The molecule has 0 amide bonds. The molecule has 2 fully saturated rings. The smallest absolute Gasteiger partial charge is 0.203 e. The van der Waals surface area contributed by atoms with E-state index in [2.05, 4.69) is 10.2 Å². The summed E-state index contributed by atoms with van der Waals surface area (Å²) in [5.74, 6) is 2.32. The van der Waals surface area contributed by atoms with E-state index in [1.165, 1.54) is 25.7 Å². The van der Waals surface area contributed by atoms with Gasteiger partial charge in [0.05, 0.1) is 0 Å². The molecule has 4 nitrogen and oxygen atoms in total. The Bertz CT molecular complexity index is 386. The van der Waals surface area contributed by atoms with Crippen molar-refractivity contribution in [2.75, 3.05) is 0 Å². The Morgan fingerprint density at radius 3 is 2.60 bits per heavy atom. The Morgan fingerprint density at radius 2 is 2.07 bits per heavy atom. The molecular formula is C11H15N3O. The first-order valence-corrected chi connectivity index (χ1v) is 5.67. The van der Waals surface area contributed by atoms with Gasteiger partial charge in [0.25, 0.3) is 0 Å². The fourth-order valence-electron chi connectivity index (χ4n) is 3.04. The molecule has 0 bridgehead atoms. The number of nitrogens with zero attached hydrogens (tertiary/aromatic N) is 3. The first kappa shape index (κ1) is 9.07. The van der Waals surface area contributed by atoms with Crippen molar-refractivity contribution >= 4 is 5.78 Å². The van der Waals surface area contributed by atoms with E-state index in [4.69, 9.17) is 0 Å². The van der Waals surface area contributed by atoms with Crippen LogP contribution < -0.4 is 0 Å². The Morgan fingerprint density at radius 1 is 1.40 bits per heavy atom. The molecule has 2 aliphatic rings. The van der Waals surface area contributed by atoms with E-state index in [0.717, 1.165) is 0 Å². The van der Waals surface area contributed by atoms with Crippen molar-refractivity contribution in [1.29, 1.82) is 0 Å².